The zero-order valence-electron chi connectivity index (χ0n) is 10.8. The minimum atomic E-state index is -0.838. The second-order valence-corrected chi connectivity index (χ2v) is 3.82. The van der Waals surface area contributed by atoms with Gasteiger partial charge >= 0.3 is 0 Å². The van der Waals surface area contributed by atoms with Crippen molar-refractivity contribution in [3.63, 3.8) is 0 Å². The highest BCUT2D eigenvalue weighted by atomic mass is 19.1. The molecule has 4 N–H and O–H groups in total. The van der Waals surface area contributed by atoms with Gasteiger partial charge in [0.1, 0.15) is 0 Å². The van der Waals surface area contributed by atoms with Crippen LogP contribution in [-0.2, 0) is 7.05 Å². The summed E-state index contributed by atoms with van der Waals surface area (Å²) in [7, 11) is 3.13. The van der Waals surface area contributed by atoms with Gasteiger partial charge in [-0.15, -0.1) is 0 Å². The average molecular weight is 280 g/mol. The Labute approximate surface area is 113 Å². The van der Waals surface area contributed by atoms with Gasteiger partial charge in [-0.25, -0.2) is 19.9 Å². The molecule has 2 aromatic heterocycles. The highest BCUT2D eigenvalue weighted by Gasteiger charge is 2.17. The lowest BCUT2D eigenvalue weighted by Gasteiger charge is -2.06. The summed E-state index contributed by atoms with van der Waals surface area (Å²) in [5, 5.41) is 6.46. The van der Waals surface area contributed by atoms with Gasteiger partial charge in [0.15, 0.2) is 17.5 Å². The first-order chi connectivity index (χ1) is 9.56. The minimum Gasteiger partial charge on any atom is -0.481 e. The van der Waals surface area contributed by atoms with Crippen molar-refractivity contribution in [1.29, 1.82) is 0 Å². The fourth-order valence-corrected chi connectivity index (χ4v) is 1.61. The maximum atomic E-state index is 13.9. The number of nitrogens with zero attached hydrogens (tertiary/aromatic N) is 3. The number of nitrogen functional groups attached to an aromatic ring is 1. The van der Waals surface area contributed by atoms with Crippen molar-refractivity contribution in [2.75, 3.05) is 17.9 Å². The molecule has 0 saturated heterocycles. The number of rotatable bonds is 4. The van der Waals surface area contributed by atoms with E-state index in [1.807, 2.05) is 0 Å². The molecule has 2 rings (SSSR count). The Kier molecular flexibility index (Phi) is 3.80. The first kappa shape index (κ1) is 13.7. The molecule has 0 aliphatic rings. The number of nitrogens with two attached hydrogens (primary N) is 1. The van der Waals surface area contributed by atoms with Crippen LogP contribution in [0.5, 0.6) is 5.88 Å². The molecule has 0 fully saturated rings. The van der Waals surface area contributed by atoms with Crippen LogP contribution in [0.15, 0.2) is 18.3 Å². The van der Waals surface area contributed by atoms with Crippen molar-refractivity contribution in [1.82, 2.24) is 14.8 Å². The van der Waals surface area contributed by atoms with E-state index in [0.29, 0.717) is 5.88 Å². The molecule has 0 radical (unpaired) electrons. The largest absolute Gasteiger partial charge is 0.481 e. The Bertz CT molecular complexity index is 642. The minimum absolute atomic E-state index is 0.197. The number of pyridine rings is 1. The number of aromatic nitrogens is 3. The van der Waals surface area contributed by atoms with Gasteiger partial charge < -0.3 is 15.5 Å². The van der Waals surface area contributed by atoms with E-state index in [9.17, 15) is 9.18 Å². The molecular formula is C11H13FN6O2. The molecule has 2 aromatic rings. The standard InChI is InChI=1S/C11H13FN6O2/c1-18-8(20-2)5-7(17-18)15-11(19)6-3-4-14-10(16-13)9(6)12/h3-5H,13H2,1-2H3,(H,14,16)(H,15,17,19). The summed E-state index contributed by atoms with van der Waals surface area (Å²) in [4.78, 5) is 15.6. The van der Waals surface area contributed by atoms with E-state index >= 15 is 0 Å². The summed E-state index contributed by atoms with van der Waals surface area (Å²) in [6, 6.07) is 2.75. The third-order valence-electron chi connectivity index (χ3n) is 2.56. The summed E-state index contributed by atoms with van der Waals surface area (Å²) in [5.74, 6) is 4.08. The fraction of sp³-hybridized carbons (Fsp3) is 0.182. The number of hydrogen-bond acceptors (Lipinski definition) is 6. The third kappa shape index (κ3) is 2.52. The molecular weight excluding hydrogens is 267 g/mol. The monoisotopic (exact) mass is 280 g/mol. The molecule has 2 heterocycles. The van der Waals surface area contributed by atoms with E-state index in [4.69, 9.17) is 10.6 Å². The Morgan fingerprint density at radius 2 is 2.30 bits per heavy atom. The van der Waals surface area contributed by atoms with Gasteiger partial charge in [-0.3, -0.25) is 4.79 Å². The van der Waals surface area contributed by atoms with Crippen molar-refractivity contribution in [2.24, 2.45) is 12.9 Å². The number of aryl methyl sites for hydroxylation is 1. The van der Waals surface area contributed by atoms with E-state index < -0.39 is 11.7 Å². The lowest BCUT2D eigenvalue weighted by Crippen LogP contribution is -2.17. The topological polar surface area (TPSA) is 107 Å². The predicted octanol–water partition coefficient (Wildman–Crippen LogP) is 0.501. The van der Waals surface area contributed by atoms with E-state index in [2.05, 4.69) is 20.8 Å². The van der Waals surface area contributed by atoms with Crippen LogP contribution in [0.25, 0.3) is 0 Å². The van der Waals surface area contributed by atoms with Crippen LogP contribution in [0.4, 0.5) is 16.0 Å². The Morgan fingerprint density at radius 1 is 1.55 bits per heavy atom. The Balaban J connectivity index is 2.23. The lowest BCUT2D eigenvalue weighted by atomic mass is 10.2. The molecule has 0 atom stereocenters. The second kappa shape index (κ2) is 5.53. The zero-order valence-corrected chi connectivity index (χ0v) is 10.8. The van der Waals surface area contributed by atoms with Crippen LogP contribution < -0.4 is 21.3 Å². The molecule has 1 amide bonds. The Morgan fingerprint density at radius 3 is 2.90 bits per heavy atom. The smallest absolute Gasteiger partial charge is 0.260 e. The zero-order chi connectivity index (χ0) is 14.7. The fourth-order valence-electron chi connectivity index (χ4n) is 1.61. The molecule has 8 nitrogen and oxygen atoms in total. The summed E-state index contributed by atoms with van der Waals surface area (Å²) < 4.78 is 20.3. The van der Waals surface area contributed by atoms with E-state index in [0.717, 1.165) is 0 Å². The normalized spacial score (nSPS) is 10.2. The van der Waals surface area contributed by atoms with Gasteiger partial charge in [0.2, 0.25) is 5.88 Å². The molecule has 0 saturated carbocycles. The van der Waals surface area contributed by atoms with E-state index in [1.165, 1.54) is 30.1 Å². The lowest BCUT2D eigenvalue weighted by molar-refractivity contribution is 0.102. The van der Waals surface area contributed by atoms with Crippen LogP contribution in [0, 0.1) is 5.82 Å². The van der Waals surface area contributed by atoms with Crippen molar-refractivity contribution in [2.45, 2.75) is 0 Å². The number of ether oxygens (including phenoxy) is 1. The maximum absolute atomic E-state index is 13.9. The van der Waals surface area contributed by atoms with Crippen molar-refractivity contribution >= 4 is 17.5 Å². The first-order valence-corrected chi connectivity index (χ1v) is 5.57. The molecule has 0 unspecified atom stereocenters. The summed E-state index contributed by atoms with van der Waals surface area (Å²) in [5.41, 5.74) is 1.87. The van der Waals surface area contributed by atoms with Crippen molar-refractivity contribution in [3.05, 3.63) is 29.7 Å². The molecule has 9 heteroatoms. The molecule has 0 spiro atoms. The quantitative estimate of drug-likeness (QED) is 0.556. The third-order valence-corrected chi connectivity index (χ3v) is 2.56. The number of amides is 1. The van der Waals surface area contributed by atoms with Crippen LogP contribution in [0.2, 0.25) is 0 Å². The van der Waals surface area contributed by atoms with Gasteiger partial charge in [0.25, 0.3) is 5.91 Å². The van der Waals surface area contributed by atoms with Gasteiger partial charge in [-0.05, 0) is 6.07 Å². The number of hydrazine groups is 1. The van der Waals surface area contributed by atoms with Gasteiger partial charge in [0, 0.05) is 19.3 Å². The van der Waals surface area contributed by atoms with Crippen molar-refractivity contribution in [3.8, 4) is 5.88 Å². The predicted molar refractivity (Wildman–Crippen MR) is 69.7 cm³/mol. The molecule has 0 aromatic carbocycles. The highest BCUT2D eigenvalue weighted by molar-refractivity contribution is 6.04. The average Bonchev–Trinajstić information content (AvgIpc) is 2.78. The molecule has 0 aliphatic heterocycles. The molecule has 0 bridgehead atoms. The van der Waals surface area contributed by atoms with Gasteiger partial charge in [-0.1, -0.05) is 0 Å². The highest BCUT2D eigenvalue weighted by Crippen LogP contribution is 2.18. The van der Waals surface area contributed by atoms with Gasteiger partial charge in [-0.2, -0.15) is 5.10 Å². The number of carbonyl (C=O) groups is 1. The van der Waals surface area contributed by atoms with Gasteiger partial charge in [0.05, 0.1) is 12.7 Å². The maximum Gasteiger partial charge on any atom is 0.260 e. The molecule has 20 heavy (non-hydrogen) atoms. The summed E-state index contributed by atoms with van der Waals surface area (Å²) in [6.07, 6.45) is 1.27. The van der Waals surface area contributed by atoms with Crippen LogP contribution in [-0.4, -0.2) is 27.8 Å². The number of nitrogens with one attached hydrogen (secondary N) is 2. The molecule has 106 valence electrons. The second-order valence-electron chi connectivity index (χ2n) is 3.82. The van der Waals surface area contributed by atoms with Crippen LogP contribution in [0.1, 0.15) is 10.4 Å². The SMILES string of the molecule is COc1cc(NC(=O)c2ccnc(NN)c2F)nn1C. The number of methoxy groups -OCH3 is 1. The van der Waals surface area contributed by atoms with Crippen LogP contribution >= 0.6 is 0 Å². The number of halogens is 1. The number of carbonyl (C=O) groups excluding carboxylic acids is 1. The summed E-state index contributed by atoms with van der Waals surface area (Å²) >= 11 is 0. The van der Waals surface area contributed by atoms with Crippen LogP contribution in [0.3, 0.4) is 0 Å². The first-order valence-electron chi connectivity index (χ1n) is 5.57. The Hall–Kier alpha value is -2.68. The summed E-state index contributed by atoms with van der Waals surface area (Å²) in [6.45, 7) is 0. The number of hydrogen-bond donors (Lipinski definition) is 3. The molecule has 0 aliphatic carbocycles. The van der Waals surface area contributed by atoms with Crippen molar-refractivity contribution < 1.29 is 13.9 Å². The van der Waals surface area contributed by atoms with E-state index in [1.54, 1.807) is 7.05 Å². The van der Waals surface area contributed by atoms with E-state index in [-0.39, 0.29) is 17.2 Å². The number of anilines is 2.